The van der Waals surface area contributed by atoms with E-state index in [0.717, 1.165) is 11.8 Å². The Balaban J connectivity index is 1.50. The number of aldehydes is 1. The van der Waals surface area contributed by atoms with Gasteiger partial charge in [-0.3, -0.25) is 4.79 Å². The van der Waals surface area contributed by atoms with Gasteiger partial charge in [0.2, 0.25) is 0 Å². The van der Waals surface area contributed by atoms with Crippen LogP contribution >= 0.6 is 0 Å². The van der Waals surface area contributed by atoms with Crippen molar-refractivity contribution in [1.82, 2.24) is 0 Å². The Hall–Kier alpha value is -1.31. The highest BCUT2D eigenvalue weighted by Gasteiger charge is 2.40. The Morgan fingerprint density at radius 3 is 2.54 bits per heavy atom. The van der Waals surface area contributed by atoms with Crippen LogP contribution in [0, 0.1) is 0 Å². The van der Waals surface area contributed by atoms with Crippen LogP contribution < -0.4 is 4.90 Å². The quantitative estimate of drug-likeness (QED) is 0.382. The van der Waals surface area contributed by atoms with E-state index in [-0.39, 0.29) is 0 Å². The van der Waals surface area contributed by atoms with Crippen LogP contribution in [0.3, 0.4) is 0 Å². The fourth-order valence-corrected chi connectivity index (χ4v) is 4.76. The highest BCUT2D eigenvalue weighted by atomic mass is 16.1. The first-order valence-electron chi connectivity index (χ1n) is 10.2. The van der Waals surface area contributed by atoms with Gasteiger partial charge in [0.25, 0.3) is 0 Å². The van der Waals surface area contributed by atoms with Crippen molar-refractivity contribution in [2.24, 2.45) is 0 Å². The van der Waals surface area contributed by atoms with Crippen molar-refractivity contribution in [3.05, 3.63) is 29.3 Å². The predicted molar refractivity (Wildman–Crippen MR) is 102 cm³/mol. The van der Waals surface area contributed by atoms with Crippen molar-refractivity contribution >= 4 is 12.0 Å². The highest BCUT2D eigenvalue weighted by molar-refractivity contribution is 5.78. The summed E-state index contributed by atoms with van der Waals surface area (Å²) in [5.74, 6) is 0.675. The van der Waals surface area contributed by atoms with Gasteiger partial charge >= 0.3 is 0 Å². The Bertz CT molecular complexity index is 539. The molecule has 1 fully saturated rings. The summed E-state index contributed by atoms with van der Waals surface area (Å²) in [4.78, 5) is 13.8. The average Bonchev–Trinajstić information content (AvgIpc) is 3.19. The molecule has 2 heteroatoms. The molecule has 1 aliphatic carbocycles. The summed E-state index contributed by atoms with van der Waals surface area (Å²) < 4.78 is 0. The summed E-state index contributed by atoms with van der Waals surface area (Å²) in [5.41, 5.74) is 3.70. The molecule has 1 heterocycles. The number of nitrogens with zero attached hydrogens (tertiary/aromatic N) is 1. The molecule has 0 spiro atoms. The summed E-state index contributed by atoms with van der Waals surface area (Å²) in [6.45, 7) is 3.48. The molecule has 2 aliphatic rings. The number of rotatable bonds is 10. The van der Waals surface area contributed by atoms with E-state index in [9.17, 15) is 4.79 Å². The summed E-state index contributed by atoms with van der Waals surface area (Å²) in [6.07, 6.45) is 16.0. The predicted octanol–water partition coefficient (Wildman–Crippen LogP) is 6.10. The number of hydrogen-bond donors (Lipinski definition) is 0. The highest BCUT2D eigenvalue weighted by Crippen LogP contribution is 2.49. The molecule has 2 nitrogen and oxygen atoms in total. The first-order chi connectivity index (χ1) is 11.8. The molecule has 2 unspecified atom stereocenters. The van der Waals surface area contributed by atoms with E-state index in [2.05, 4.69) is 24.0 Å². The fraction of sp³-hybridized carbons (Fsp3) is 0.682. The van der Waals surface area contributed by atoms with Gasteiger partial charge in [-0.1, -0.05) is 58.3 Å². The summed E-state index contributed by atoms with van der Waals surface area (Å²) in [6, 6.07) is 7.04. The van der Waals surface area contributed by atoms with Crippen LogP contribution in [0.4, 0.5) is 5.69 Å². The second-order valence-corrected chi connectivity index (χ2v) is 7.71. The van der Waals surface area contributed by atoms with Crippen LogP contribution in [0.25, 0.3) is 0 Å². The van der Waals surface area contributed by atoms with Crippen LogP contribution in [0.2, 0.25) is 0 Å². The third kappa shape index (κ3) is 3.84. The van der Waals surface area contributed by atoms with Gasteiger partial charge in [-0.2, -0.15) is 0 Å². The maximum atomic E-state index is 11.1. The van der Waals surface area contributed by atoms with Gasteiger partial charge in [-0.05, 0) is 43.0 Å². The molecule has 0 amide bonds. The number of anilines is 1. The zero-order valence-corrected chi connectivity index (χ0v) is 15.3. The molecule has 1 aromatic rings. The van der Waals surface area contributed by atoms with Gasteiger partial charge in [0.15, 0.2) is 0 Å². The van der Waals surface area contributed by atoms with Gasteiger partial charge in [-0.25, -0.2) is 0 Å². The van der Waals surface area contributed by atoms with Crippen molar-refractivity contribution in [2.45, 2.75) is 89.5 Å². The summed E-state index contributed by atoms with van der Waals surface area (Å²) in [7, 11) is 0. The van der Waals surface area contributed by atoms with E-state index in [1.54, 1.807) is 0 Å². The molecule has 0 saturated heterocycles. The van der Waals surface area contributed by atoms with Crippen LogP contribution in [-0.4, -0.2) is 18.9 Å². The zero-order valence-electron chi connectivity index (χ0n) is 15.3. The maximum Gasteiger partial charge on any atom is 0.150 e. The first kappa shape index (κ1) is 17.5. The number of benzene rings is 1. The molecule has 0 bridgehead atoms. The van der Waals surface area contributed by atoms with Crippen molar-refractivity contribution in [1.29, 1.82) is 0 Å². The lowest BCUT2D eigenvalue weighted by molar-refractivity contribution is 0.112. The standard InChI is InChI=1S/C22H33NO/c1-2-3-4-5-6-7-8-9-15-23-21-12-10-11-19(21)20-16-18(17-24)13-14-22(20)23/h13-14,16-17,19,21H,2-12,15H2,1H3. The number of carbonyl (C=O) groups excluding carboxylic acids is 1. The van der Waals surface area contributed by atoms with Crippen molar-refractivity contribution < 1.29 is 4.79 Å². The number of fused-ring (bicyclic) bond motifs is 3. The van der Waals surface area contributed by atoms with Crippen LogP contribution in [-0.2, 0) is 0 Å². The molecule has 1 aliphatic heterocycles. The number of unbranched alkanes of at least 4 members (excludes halogenated alkanes) is 7. The lowest BCUT2D eigenvalue weighted by atomic mass is 9.96. The van der Waals surface area contributed by atoms with E-state index in [1.165, 1.54) is 88.4 Å². The topological polar surface area (TPSA) is 20.3 Å². The average molecular weight is 328 g/mol. The van der Waals surface area contributed by atoms with E-state index in [4.69, 9.17) is 0 Å². The third-order valence-electron chi connectivity index (χ3n) is 6.03. The molecule has 0 radical (unpaired) electrons. The Kier molecular flexibility index (Phi) is 6.34. The van der Waals surface area contributed by atoms with E-state index < -0.39 is 0 Å². The van der Waals surface area contributed by atoms with Crippen molar-refractivity contribution in [3.8, 4) is 0 Å². The smallest absolute Gasteiger partial charge is 0.150 e. The number of hydrogen-bond acceptors (Lipinski definition) is 2. The monoisotopic (exact) mass is 327 g/mol. The molecular weight excluding hydrogens is 294 g/mol. The lowest BCUT2D eigenvalue weighted by Gasteiger charge is -2.27. The van der Waals surface area contributed by atoms with Gasteiger partial charge < -0.3 is 4.90 Å². The second kappa shape index (κ2) is 8.69. The largest absolute Gasteiger partial charge is 0.368 e. The minimum Gasteiger partial charge on any atom is -0.368 e. The third-order valence-corrected chi connectivity index (χ3v) is 6.03. The maximum absolute atomic E-state index is 11.1. The Morgan fingerprint density at radius 2 is 1.79 bits per heavy atom. The van der Waals surface area contributed by atoms with Gasteiger partial charge in [0.05, 0.1) is 0 Å². The van der Waals surface area contributed by atoms with Gasteiger partial charge in [0, 0.05) is 29.8 Å². The van der Waals surface area contributed by atoms with Crippen LogP contribution in [0.15, 0.2) is 18.2 Å². The molecular formula is C22H33NO. The van der Waals surface area contributed by atoms with Gasteiger partial charge in [0.1, 0.15) is 6.29 Å². The van der Waals surface area contributed by atoms with Gasteiger partial charge in [-0.15, -0.1) is 0 Å². The molecule has 132 valence electrons. The second-order valence-electron chi connectivity index (χ2n) is 7.71. The fourth-order valence-electron chi connectivity index (χ4n) is 4.76. The lowest BCUT2D eigenvalue weighted by Crippen LogP contribution is -2.32. The minimum absolute atomic E-state index is 0.675. The van der Waals surface area contributed by atoms with Crippen molar-refractivity contribution in [3.63, 3.8) is 0 Å². The molecule has 1 saturated carbocycles. The molecule has 24 heavy (non-hydrogen) atoms. The van der Waals surface area contributed by atoms with E-state index >= 15 is 0 Å². The minimum atomic E-state index is 0.675. The molecule has 2 atom stereocenters. The molecule has 3 rings (SSSR count). The molecule has 0 aromatic heterocycles. The van der Waals surface area contributed by atoms with E-state index in [1.807, 2.05) is 6.07 Å². The molecule has 1 aromatic carbocycles. The molecule has 0 N–H and O–H groups in total. The number of carbonyl (C=O) groups is 1. The summed E-state index contributed by atoms with van der Waals surface area (Å²) >= 11 is 0. The Morgan fingerprint density at radius 1 is 1.04 bits per heavy atom. The summed E-state index contributed by atoms with van der Waals surface area (Å²) in [5, 5.41) is 0. The SMILES string of the molecule is CCCCCCCCCCN1c2ccc(C=O)cc2C2CCCC21. The van der Waals surface area contributed by atoms with Crippen LogP contribution in [0.1, 0.15) is 99.4 Å². The van der Waals surface area contributed by atoms with E-state index in [0.29, 0.717) is 12.0 Å². The first-order valence-corrected chi connectivity index (χ1v) is 10.2. The normalized spacial score (nSPS) is 21.8. The zero-order chi connectivity index (χ0) is 16.8. The van der Waals surface area contributed by atoms with Crippen molar-refractivity contribution in [2.75, 3.05) is 11.4 Å². The van der Waals surface area contributed by atoms with Crippen LogP contribution in [0.5, 0.6) is 0 Å². The Labute approximate surface area is 147 Å².